The molecule has 0 fully saturated rings. The van der Waals surface area contributed by atoms with Gasteiger partial charge < -0.3 is 15.4 Å². The zero-order valence-corrected chi connectivity index (χ0v) is 14.6. The molecule has 0 bridgehead atoms. The minimum Gasteiger partial charge on any atom is -0.497 e. The number of nitrogens with one attached hydrogen (secondary N) is 2. The number of benzene rings is 2. The fourth-order valence-corrected chi connectivity index (χ4v) is 2.25. The summed E-state index contributed by atoms with van der Waals surface area (Å²) in [5.41, 5.74) is 0.738. The number of ether oxygens (including phenoxy) is 1. The van der Waals surface area contributed by atoms with E-state index in [-0.39, 0.29) is 17.0 Å². The van der Waals surface area contributed by atoms with Crippen molar-refractivity contribution >= 4 is 40.1 Å². The molecule has 2 aromatic rings. The molecule has 0 spiro atoms. The largest absolute Gasteiger partial charge is 0.497 e. The number of anilines is 1. The van der Waals surface area contributed by atoms with Crippen molar-refractivity contribution in [1.82, 2.24) is 5.32 Å². The summed E-state index contributed by atoms with van der Waals surface area (Å²) in [4.78, 5) is 24.2. The highest BCUT2D eigenvalue weighted by atomic mass is 127. The second kappa shape index (κ2) is 7.40. The third-order valence-electron chi connectivity index (χ3n) is 3.13. The molecule has 0 radical (unpaired) electrons. The lowest BCUT2D eigenvalue weighted by molar-refractivity contribution is 0.0963. The maximum Gasteiger partial charge on any atom is 0.255 e. The first-order chi connectivity index (χ1) is 11.0. The van der Waals surface area contributed by atoms with Gasteiger partial charge in [0.2, 0.25) is 0 Å². The predicted octanol–water partition coefficient (Wildman–Crippen LogP) is 3.05. The van der Waals surface area contributed by atoms with Gasteiger partial charge in [-0.25, -0.2) is 4.39 Å². The summed E-state index contributed by atoms with van der Waals surface area (Å²) in [6.07, 6.45) is 0. The van der Waals surface area contributed by atoms with Crippen LogP contribution >= 0.6 is 22.6 Å². The van der Waals surface area contributed by atoms with E-state index in [1.54, 1.807) is 12.1 Å². The molecule has 0 aliphatic carbocycles. The molecule has 2 aromatic carbocycles. The highest BCUT2D eigenvalue weighted by Gasteiger charge is 2.15. The number of rotatable bonds is 4. The highest BCUT2D eigenvalue weighted by Crippen LogP contribution is 2.23. The van der Waals surface area contributed by atoms with Crippen LogP contribution in [0.1, 0.15) is 20.7 Å². The summed E-state index contributed by atoms with van der Waals surface area (Å²) in [6.45, 7) is 0. The second-order valence-electron chi connectivity index (χ2n) is 4.57. The van der Waals surface area contributed by atoms with E-state index in [4.69, 9.17) is 4.74 Å². The van der Waals surface area contributed by atoms with Crippen LogP contribution in [-0.4, -0.2) is 26.0 Å². The van der Waals surface area contributed by atoms with E-state index in [9.17, 15) is 14.0 Å². The first-order valence-electron chi connectivity index (χ1n) is 6.62. The lowest BCUT2D eigenvalue weighted by Gasteiger charge is -2.12. The van der Waals surface area contributed by atoms with E-state index in [0.29, 0.717) is 15.0 Å². The fraction of sp³-hybridized carbons (Fsp3) is 0.125. The van der Waals surface area contributed by atoms with Gasteiger partial charge in [-0.1, -0.05) is 0 Å². The van der Waals surface area contributed by atoms with Crippen molar-refractivity contribution in [3.63, 3.8) is 0 Å². The molecular weight excluding hydrogens is 414 g/mol. The number of carbonyl (C=O) groups is 2. The Morgan fingerprint density at radius 1 is 1.13 bits per heavy atom. The van der Waals surface area contributed by atoms with Crippen molar-refractivity contribution in [2.45, 2.75) is 0 Å². The van der Waals surface area contributed by atoms with Crippen LogP contribution in [0.25, 0.3) is 0 Å². The van der Waals surface area contributed by atoms with Gasteiger partial charge >= 0.3 is 0 Å². The molecule has 23 heavy (non-hydrogen) atoms. The summed E-state index contributed by atoms with van der Waals surface area (Å²) in [5.74, 6) is -0.856. The topological polar surface area (TPSA) is 67.4 Å². The summed E-state index contributed by atoms with van der Waals surface area (Å²) in [5, 5.41) is 5.11. The molecule has 0 saturated heterocycles. The van der Waals surface area contributed by atoms with Gasteiger partial charge in [-0.3, -0.25) is 9.59 Å². The van der Waals surface area contributed by atoms with E-state index in [1.807, 2.05) is 22.6 Å². The van der Waals surface area contributed by atoms with Gasteiger partial charge in [0.25, 0.3) is 11.8 Å². The van der Waals surface area contributed by atoms with Crippen LogP contribution in [0.5, 0.6) is 5.75 Å². The monoisotopic (exact) mass is 428 g/mol. The Balaban J connectivity index is 2.33. The lowest BCUT2D eigenvalue weighted by atomic mass is 10.1. The van der Waals surface area contributed by atoms with Crippen molar-refractivity contribution in [3.8, 4) is 5.75 Å². The van der Waals surface area contributed by atoms with Crippen LogP contribution in [0.4, 0.5) is 10.1 Å². The second-order valence-corrected chi connectivity index (χ2v) is 5.74. The number of hydrogen-bond acceptors (Lipinski definition) is 3. The predicted molar refractivity (Wildman–Crippen MR) is 93.5 cm³/mol. The molecule has 0 aromatic heterocycles. The SMILES string of the molecule is CNC(=O)c1cc(OC)ccc1NC(=O)c1ccc(I)c(F)c1. The number of hydrogen-bond donors (Lipinski definition) is 2. The molecule has 0 atom stereocenters. The first-order valence-corrected chi connectivity index (χ1v) is 7.70. The van der Waals surface area contributed by atoms with Gasteiger partial charge in [-0.05, 0) is 59.0 Å². The smallest absolute Gasteiger partial charge is 0.255 e. The maximum absolute atomic E-state index is 13.6. The van der Waals surface area contributed by atoms with Gasteiger partial charge in [0.15, 0.2) is 0 Å². The molecule has 0 aliphatic rings. The van der Waals surface area contributed by atoms with E-state index in [1.165, 1.54) is 32.4 Å². The zero-order chi connectivity index (χ0) is 17.0. The highest BCUT2D eigenvalue weighted by molar-refractivity contribution is 14.1. The van der Waals surface area contributed by atoms with Crippen LogP contribution in [0.2, 0.25) is 0 Å². The van der Waals surface area contributed by atoms with Gasteiger partial charge in [0, 0.05) is 16.2 Å². The van der Waals surface area contributed by atoms with Crippen LogP contribution in [0.3, 0.4) is 0 Å². The van der Waals surface area contributed by atoms with Crippen molar-refractivity contribution in [2.24, 2.45) is 0 Å². The number of halogens is 2. The average molecular weight is 428 g/mol. The molecule has 2 rings (SSSR count). The molecule has 0 unspecified atom stereocenters. The molecule has 5 nitrogen and oxygen atoms in total. The van der Waals surface area contributed by atoms with E-state index >= 15 is 0 Å². The minimum absolute atomic E-state index is 0.168. The normalized spacial score (nSPS) is 10.1. The number of amides is 2. The van der Waals surface area contributed by atoms with Gasteiger partial charge in [0.1, 0.15) is 11.6 Å². The van der Waals surface area contributed by atoms with Crippen molar-refractivity contribution in [2.75, 3.05) is 19.5 Å². The molecular formula is C16H14FIN2O3. The van der Waals surface area contributed by atoms with Crippen LogP contribution in [0, 0.1) is 9.39 Å². The number of methoxy groups -OCH3 is 1. The van der Waals surface area contributed by atoms with Gasteiger partial charge in [0.05, 0.1) is 18.4 Å². The third kappa shape index (κ3) is 3.98. The van der Waals surface area contributed by atoms with Gasteiger partial charge in [-0.15, -0.1) is 0 Å². The van der Waals surface area contributed by atoms with E-state index in [0.717, 1.165) is 6.07 Å². The quantitative estimate of drug-likeness (QED) is 0.736. The standard InChI is InChI=1S/C16H14FIN2O3/c1-19-16(22)11-8-10(23-2)4-6-14(11)20-15(21)9-3-5-13(18)12(17)7-9/h3-8H,1-2H3,(H,19,22)(H,20,21). The van der Waals surface area contributed by atoms with E-state index in [2.05, 4.69) is 10.6 Å². The summed E-state index contributed by atoms with van der Waals surface area (Å²) >= 11 is 1.84. The Kier molecular flexibility index (Phi) is 5.54. The molecule has 120 valence electrons. The lowest BCUT2D eigenvalue weighted by Crippen LogP contribution is -2.21. The van der Waals surface area contributed by atoms with Crippen LogP contribution < -0.4 is 15.4 Å². The molecule has 7 heteroatoms. The van der Waals surface area contributed by atoms with E-state index < -0.39 is 11.7 Å². The molecule has 2 amide bonds. The maximum atomic E-state index is 13.6. The third-order valence-corrected chi connectivity index (χ3v) is 4.00. The molecule has 0 heterocycles. The fourth-order valence-electron chi connectivity index (χ4n) is 1.91. The Morgan fingerprint density at radius 3 is 2.48 bits per heavy atom. The Bertz CT molecular complexity index is 765. The van der Waals surface area contributed by atoms with Crippen molar-refractivity contribution < 1.29 is 18.7 Å². The molecule has 0 saturated carbocycles. The van der Waals surface area contributed by atoms with Crippen molar-refractivity contribution in [1.29, 1.82) is 0 Å². The Morgan fingerprint density at radius 2 is 1.87 bits per heavy atom. The summed E-state index contributed by atoms with van der Waals surface area (Å²) < 4.78 is 19.1. The van der Waals surface area contributed by atoms with Crippen LogP contribution in [0.15, 0.2) is 36.4 Å². The number of carbonyl (C=O) groups excluding carboxylic acids is 2. The Labute approximate surface area is 146 Å². The zero-order valence-electron chi connectivity index (χ0n) is 12.4. The molecule has 0 aliphatic heterocycles. The van der Waals surface area contributed by atoms with Crippen molar-refractivity contribution in [3.05, 3.63) is 56.9 Å². The Hall–Kier alpha value is -2.16. The molecule has 2 N–H and O–H groups in total. The summed E-state index contributed by atoms with van der Waals surface area (Å²) in [6, 6.07) is 8.88. The average Bonchev–Trinajstić information content (AvgIpc) is 2.56. The minimum atomic E-state index is -0.504. The van der Waals surface area contributed by atoms with Crippen LogP contribution in [-0.2, 0) is 0 Å². The van der Waals surface area contributed by atoms with Gasteiger partial charge in [-0.2, -0.15) is 0 Å². The summed E-state index contributed by atoms with van der Waals surface area (Å²) in [7, 11) is 2.97. The first kappa shape index (κ1) is 17.2.